The molecule has 1 saturated carbocycles. The highest BCUT2D eigenvalue weighted by Crippen LogP contribution is 2.37. The second-order valence-corrected chi connectivity index (χ2v) is 6.92. The third-order valence-corrected chi connectivity index (χ3v) is 5.41. The number of hydrogen-bond acceptors (Lipinski definition) is 3. The Morgan fingerprint density at radius 3 is 2.28 bits per heavy atom. The topological polar surface area (TPSA) is 41.4 Å². The van der Waals surface area contributed by atoms with E-state index >= 15 is 0 Å². The van der Waals surface area contributed by atoms with Crippen LogP contribution in [0.5, 0.6) is 0 Å². The normalized spacial score (nSPS) is 20.4. The van der Waals surface area contributed by atoms with Gasteiger partial charge in [0.05, 0.1) is 11.6 Å². The molecule has 0 aromatic carbocycles. The number of hydrogen-bond donors (Lipinski definition) is 0. The van der Waals surface area contributed by atoms with E-state index in [-0.39, 0.29) is 11.6 Å². The van der Waals surface area contributed by atoms with Crippen molar-refractivity contribution in [1.82, 2.24) is 19.6 Å². The Bertz CT molecular complexity index is 627. The third-order valence-electron chi connectivity index (χ3n) is 5.41. The van der Waals surface area contributed by atoms with Gasteiger partial charge in [0.25, 0.3) is 5.91 Å². The van der Waals surface area contributed by atoms with E-state index in [1.807, 2.05) is 6.92 Å². The Morgan fingerprint density at radius 1 is 1.16 bits per heavy atom. The van der Waals surface area contributed by atoms with E-state index in [0.29, 0.717) is 31.9 Å². The van der Waals surface area contributed by atoms with Crippen LogP contribution in [0.2, 0.25) is 0 Å². The molecule has 2 heterocycles. The SMILES string of the molecule is CCN1CCN(C(=O)c2c(C(F)(F)F)nn(C3CCCC3)c2C)CC1. The number of rotatable bonds is 3. The molecule has 0 unspecified atom stereocenters. The van der Waals surface area contributed by atoms with Crippen molar-refractivity contribution in [3.05, 3.63) is 17.0 Å². The average molecular weight is 358 g/mol. The summed E-state index contributed by atoms with van der Waals surface area (Å²) in [6.07, 6.45) is -0.989. The number of nitrogens with zero attached hydrogens (tertiary/aromatic N) is 4. The Hall–Kier alpha value is -1.57. The third kappa shape index (κ3) is 3.54. The molecule has 0 atom stereocenters. The molecule has 1 aliphatic heterocycles. The maximum absolute atomic E-state index is 13.5. The Kier molecular flexibility index (Phi) is 5.09. The van der Waals surface area contributed by atoms with Gasteiger partial charge >= 0.3 is 6.18 Å². The van der Waals surface area contributed by atoms with Crippen LogP contribution in [0.4, 0.5) is 13.2 Å². The zero-order valence-electron chi connectivity index (χ0n) is 14.8. The van der Waals surface area contributed by atoms with Crippen molar-refractivity contribution in [3.8, 4) is 0 Å². The first-order valence-electron chi connectivity index (χ1n) is 9.00. The van der Waals surface area contributed by atoms with Crippen molar-refractivity contribution >= 4 is 5.91 Å². The number of likely N-dealkylation sites (N-methyl/N-ethyl adjacent to an activating group) is 1. The molecular formula is C17H25F3N4O. The molecule has 0 N–H and O–H groups in total. The molecule has 2 fully saturated rings. The Balaban J connectivity index is 1.92. The number of carbonyl (C=O) groups excluding carboxylic acids is 1. The van der Waals surface area contributed by atoms with E-state index in [4.69, 9.17) is 0 Å². The van der Waals surface area contributed by atoms with Crippen molar-refractivity contribution in [2.75, 3.05) is 32.7 Å². The molecule has 8 heteroatoms. The first kappa shape index (κ1) is 18.2. The van der Waals surface area contributed by atoms with Crippen molar-refractivity contribution in [2.24, 2.45) is 0 Å². The summed E-state index contributed by atoms with van der Waals surface area (Å²) in [6.45, 7) is 6.81. The molecule has 1 aromatic heterocycles. The first-order valence-corrected chi connectivity index (χ1v) is 9.00. The fourth-order valence-electron chi connectivity index (χ4n) is 3.90. The first-order chi connectivity index (χ1) is 11.8. The quantitative estimate of drug-likeness (QED) is 0.834. The lowest BCUT2D eigenvalue weighted by atomic mass is 10.1. The maximum Gasteiger partial charge on any atom is 0.435 e. The summed E-state index contributed by atoms with van der Waals surface area (Å²) in [4.78, 5) is 16.6. The Morgan fingerprint density at radius 2 is 1.76 bits per heavy atom. The molecule has 25 heavy (non-hydrogen) atoms. The summed E-state index contributed by atoms with van der Waals surface area (Å²) in [5.74, 6) is -0.537. The van der Waals surface area contributed by atoms with Gasteiger partial charge < -0.3 is 9.80 Å². The van der Waals surface area contributed by atoms with E-state index in [0.717, 1.165) is 32.2 Å². The molecule has 1 aliphatic carbocycles. The van der Waals surface area contributed by atoms with Crippen LogP contribution in [0.15, 0.2) is 0 Å². The summed E-state index contributed by atoms with van der Waals surface area (Å²) >= 11 is 0. The summed E-state index contributed by atoms with van der Waals surface area (Å²) < 4.78 is 42.0. The van der Waals surface area contributed by atoms with Gasteiger partial charge in [0, 0.05) is 31.9 Å². The standard InChI is InChI=1S/C17H25F3N4O/c1-3-22-8-10-23(11-9-22)16(25)14-12(2)24(13-6-4-5-7-13)21-15(14)17(18,19)20/h13H,3-11H2,1-2H3. The number of piperazine rings is 1. The number of carbonyl (C=O) groups is 1. The highest BCUT2D eigenvalue weighted by molar-refractivity contribution is 5.96. The monoisotopic (exact) mass is 358 g/mol. The molecule has 1 saturated heterocycles. The minimum absolute atomic E-state index is 0.0282. The second-order valence-electron chi connectivity index (χ2n) is 6.92. The van der Waals surface area contributed by atoms with Gasteiger partial charge in [0.15, 0.2) is 5.69 Å². The predicted molar refractivity (Wildman–Crippen MR) is 87.5 cm³/mol. The van der Waals surface area contributed by atoms with Crippen LogP contribution < -0.4 is 0 Å². The van der Waals surface area contributed by atoms with Gasteiger partial charge in [-0.1, -0.05) is 19.8 Å². The minimum atomic E-state index is -4.62. The summed E-state index contributed by atoms with van der Waals surface area (Å²) in [6, 6.07) is -0.0282. The second kappa shape index (κ2) is 6.97. The lowest BCUT2D eigenvalue weighted by molar-refractivity contribution is -0.142. The van der Waals surface area contributed by atoms with E-state index in [9.17, 15) is 18.0 Å². The lowest BCUT2D eigenvalue weighted by Crippen LogP contribution is -2.48. The van der Waals surface area contributed by atoms with E-state index < -0.39 is 17.8 Å². The van der Waals surface area contributed by atoms with Crippen molar-refractivity contribution in [2.45, 2.75) is 51.7 Å². The lowest BCUT2D eigenvalue weighted by Gasteiger charge is -2.34. The predicted octanol–water partition coefficient (Wildman–Crippen LogP) is 3.10. The molecule has 0 spiro atoms. The van der Waals surface area contributed by atoms with Gasteiger partial charge in [-0.3, -0.25) is 9.48 Å². The molecule has 1 amide bonds. The number of halogens is 3. The van der Waals surface area contributed by atoms with Crippen LogP contribution >= 0.6 is 0 Å². The van der Waals surface area contributed by atoms with Gasteiger partial charge in [-0.2, -0.15) is 18.3 Å². The van der Waals surface area contributed by atoms with E-state index in [2.05, 4.69) is 10.00 Å². The van der Waals surface area contributed by atoms with Gasteiger partial charge in [0.1, 0.15) is 0 Å². The van der Waals surface area contributed by atoms with Crippen LogP contribution in [0, 0.1) is 6.92 Å². The van der Waals surface area contributed by atoms with E-state index in [1.165, 1.54) is 9.58 Å². The van der Waals surface area contributed by atoms with Gasteiger partial charge in [-0.25, -0.2) is 0 Å². The zero-order valence-corrected chi connectivity index (χ0v) is 14.8. The average Bonchev–Trinajstić information content (AvgIpc) is 3.21. The molecule has 0 radical (unpaired) electrons. The smallest absolute Gasteiger partial charge is 0.336 e. The van der Waals surface area contributed by atoms with Gasteiger partial charge in [0.2, 0.25) is 0 Å². The molecule has 5 nitrogen and oxygen atoms in total. The summed E-state index contributed by atoms with van der Waals surface area (Å²) in [5.41, 5.74) is -0.939. The van der Waals surface area contributed by atoms with Crippen molar-refractivity contribution < 1.29 is 18.0 Å². The highest BCUT2D eigenvalue weighted by atomic mass is 19.4. The van der Waals surface area contributed by atoms with Crippen LogP contribution in [-0.4, -0.2) is 58.2 Å². The fourth-order valence-corrected chi connectivity index (χ4v) is 3.90. The molecule has 2 aliphatic rings. The summed E-state index contributed by atoms with van der Waals surface area (Å²) in [5, 5.41) is 3.84. The molecular weight excluding hydrogens is 333 g/mol. The molecule has 3 rings (SSSR count). The Labute approximate surface area is 145 Å². The largest absolute Gasteiger partial charge is 0.435 e. The maximum atomic E-state index is 13.5. The number of amides is 1. The van der Waals surface area contributed by atoms with Crippen molar-refractivity contribution in [1.29, 1.82) is 0 Å². The van der Waals surface area contributed by atoms with Crippen LogP contribution in [0.1, 0.15) is 60.4 Å². The van der Waals surface area contributed by atoms with Gasteiger partial charge in [-0.15, -0.1) is 0 Å². The summed E-state index contributed by atoms with van der Waals surface area (Å²) in [7, 11) is 0. The zero-order chi connectivity index (χ0) is 18.2. The van der Waals surface area contributed by atoms with Crippen LogP contribution in [0.3, 0.4) is 0 Å². The van der Waals surface area contributed by atoms with E-state index in [1.54, 1.807) is 6.92 Å². The number of aromatic nitrogens is 2. The van der Waals surface area contributed by atoms with Crippen LogP contribution in [-0.2, 0) is 6.18 Å². The molecule has 0 bridgehead atoms. The molecule has 1 aromatic rings. The van der Waals surface area contributed by atoms with Gasteiger partial charge in [-0.05, 0) is 26.3 Å². The number of alkyl halides is 3. The minimum Gasteiger partial charge on any atom is -0.336 e. The van der Waals surface area contributed by atoms with Crippen LogP contribution in [0.25, 0.3) is 0 Å². The highest BCUT2D eigenvalue weighted by Gasteiger charge is 2.42. The fraction of sp³-hybridized carbons (Fsp3) is 0.765. The molecule has 140 valence electrons. The van der Waals surface area contributed by atoms with Crippen molar-refractivity contribution in [3.63, 3.8) is 0 Å².